The van der Waals surface area contributed by atoms with Crippen LogP contribution in [0.1, 0.15) is 38.3 Å². The lowest BCUT2D eigenvalue weighted by atomic mass is 10.1. The molecule has 1 N–H and O–H groups in total. The van der Waals surface area contributed by atoms with Crippen molar-refractivity contribution in [3.05, 3.63) is 35.4 Å². The second-order valence-corrected chi connectivity index (χ2v) is 5.61. The van der Waals surface area contributed by atoms with Crippen LogP contribution in [0.2, 0.25) is 0 Å². The first-order valence-corrected chi connectivity index (χ1v) is 7.41. The zero-order valence-corrected chi connectivity index (χ0v) is 13.0. The Hall–Kier alpha value is -1.07. The van der Waals surface area contributed by atoms with Crippen molar-refractivity contribution in [3.63, 3.8) is 0 Å². The number of nitrogens with zero attached hydrogens (tertiary/aromatic N) is 1. The van der Waals surface area contributed by atoms with Gasteiger partial charge in [-0.3, -0.25) is 4.90 Å². The summed E-state index contributed by atoms with van der Waals surface area (Å²) in [5.74, 6) is 0. The molecule has 0 heterocycles. The molecule has 0 aromatic heterocycles. The minimum Gasteiger partial charge on any atom is -0.313 e. The van der Waals surface area contributed by atoms with Gasteiger partial charge in [0, 0.05) is 19.1 Å². The highest BCUT2D eigenvalue weighted by atomic mass is 19.4. The lowest BCUT2D eigenvalue weighted by Gasteiger charge is -2.27. The van der Waals surface area contributed by atoms with E-state index in [9.17, 15) is 13.2 Å². The van der Waals surface area contributed by atoms with Crippen molar-refractivity contribution >= 4 is 0 Å². The molecule has 2 nitrogen and oxygen atoms in total. The normalized spacial score (nSPS) is 12.4. The summed E-state index contributed by atoms with van der Waals surface area (Å²) >= 11 is 0. The highest BCUT2D eigenvalue weighted by Gasteiger charge is 2.31. The van der Waals surface area contributed by atoms with Crippen LogP contribution in [0, 0.1) is 0 Å². The average Bonchev–Trinajstić information content (AvgIpc) is 2.38. The van der Waals surface area contributed by atoms with Crippen LogP contribution in [-0.4, -0.2) is 30.2 Å². The Morgan fingerprint density at radius 1 is 1.10 bits per heavy atom. The predicted octanol–water partition coefficient (Wildman–Crippen LogP) is 3.96. The minimum atomic E-state index is -4.16. The monoisotopic (exact) mass is 302 g/mol. The van der Waals surface area contributed by atoms with E-state index in [1.54, 1.807) is 13.8 Å². The van der Waals surface area contributed by atoms with Crippen molar-refractivity contribution in [3.8, 4) is 0 Å². The maximum atomic E-state index is 12.6. The topological polar surface area (TPSA) is 15.3 Å². The van der Waals surface area contributed by atoms with Gasteiger partial charge in [-0.2, -0.15) is 13.2 Å². The zero-order valence-electron chi connectivity index (χ0n) is 13.0. The van der Waals surface area contributed by atoms with Gasteiger partial charge < -0.3 is 5.32 Å². The fourth-order valence-corrected chi connectivity index (χ4v) is 2.06. The third-order valence-electron chi connectivity index (χ3n) is 3.28. The first-order chi connectivity index (χ1) is 9.81. The summed E-state index contributed by atoms with van der Waals surface area (Å²) in [5.41, 5.74) is 2.06. The molecule has 0 saturated heterocycles. The molecule has 0 amide bonds. The quantitative estimate of drug-likeness (QED) is 0.731. The van der Waals surface area contributed by atoms with Gasteiger partial charge in [-0.25, -0.2) is 0 Å². The molecule has 0 unspecified atom stereocenters. The lowest BCUT2D eigenvalue weighted by molar-refractivity contribution is -0.150. The van der Waals surface area contributed by atoms with E-state index >= 15 is 0 Å². The number of hydrogen-bond acceptors (Lipinski definition) is 2. The van der Waals surface area contributed by atoms with Gasteiger partial charge in [0.25, 0.3) is 0 Å². The summed E-state index contributed by atoms with van der Waals surface area (Å²) in [4.78, 5) is 1.43. The van der Waals surface area contributed by atoms with Crippen molar-refractivity contribution < 1.29 is 13.2 Å². The van der Waals surface area contributed by atoms with Crippen LogP contribution in [0.5, 0.6) is 0 Å². The van der Waals surface area contributed by atoms with Crippen LogP contribution in [0.3, 0.4) is 0 Å². The van der Waals surface area contributed by atoms with Gasteiger partial charge in [-0.1, -0.05) is 31.2 Å². The molecule has 1 aromatic carbocycles. The maximum absolute atomic E-state index is 12.6. The van der Waals surface area contributed by atoms with Crippen LogP contribution in [0.25, 0.3) is 0 Å². The molecule has 21 heavy (non-hydrogen) atoms. The lowest BCUT2D eigenvalue weighted by Crippen LogP contribution is -2.38. The van der Waals surface area contributed by atoms with E-state index in [1.165, 1.54) is 4.90 Å². The number of benzene rings is 1. The molecule has 0 aliphatic rings. The Morgan fingerprint density at radius 2 is 1.67 bits per heavy atom. The Morgan fingerprint density at radius 3 is 2.14 bits per heavy atom. The van der Waals surface area contributed by atoms with Crippen LogP contribution < -0.4 is 5.32 Å². The summed E-state index contributed by atoms with van der Waals surface area (Å²) in [6.45, 7) is 6.89. The molecule has 0 atom stereocenters. The molecular formula is C16H25F3N2. The van der Waals surface area contributed by atoms with Crippen molar-refractivity contribution in [1.29, 1.82) is 0 Å². The number of hydrogen-bond donors (Lipinski definition) is 1. The Balaban J connectivity index is 2.59. The number of halogens is 3. The van der Waals surface area contributed by atoms with E-state index < -0.39 is 12.7 Å². The van der Waals surface area contributed by atoms with Crippen LogP contribution in [-0.2, 0) is 13.1 Å². The number of alkyl halides is 3. The van der Waals surface area contributed by atoms with Gasteiger partial charge in [0.15, 0.2) is 0 Å². The Labute approximate surface area is 125 Å². The fraction of sp³-hybridized carbons (Fsp3) is 0.625. The van der Waals surface area contributed by atoms with Gasteiger partial charge in [-0.15, -0.1) is 0 Å². The summed E-state index contributed by atoms with van der Waals surface area (Å²) < 4.78 is 37.7. The van der Waals surface area contributed by atoms with E-state index in [1.807, 2.05) is 24.3 Å². The van der Waals surface area contributed by atoms with Gasteiger partial charge in [0.2, 0.25) is 0 Å². The number of rotatable bonds is 8. The van der Waals surface area contributed by atoms with E-state index in [2.05, 4.69) is 12.2 Å². The highest BCUT2D eigenvalue weighted by Crippen LogP contribution is 2.20. The third kappa shape index (κ3) is 7.48. The molecule has 0 spiro atoms. The van der Waals surface area contributed by atoms with E-state index in [0.717, 1.165) is 30.6 Å². The van der Waals surface area contributed by atoms with Crippen LogP contribution in [0.4, 0.5) is 13.2 Å². The maximum Gasteiger partial charge on any atom is 0.401 e. The van der Waals surface area contributed by atoms with Crippen molar-refractivity contribution in [1.82, 2.24) is 10.2 Å². The SMILES string of the molecule is CCCNCc1ccc(CN(CC(F)(F)F)C(C)C)cc1. The van der Waals surface area contributed by atoms with Gasteiger partial charge in [0.1, 0.15) is 0 Å². The molecule has 0 aliphatic carbocycles. The minimum absolute atomic E-state index is 0.141. The summed E-state index contributed by atoms with van der Waals surface area (Å²) in [5, 5.41) is 3.30. The predicted molar refractivity (Wildman–Crippen MR) is 80.0 cm³/mol. The summed E-state index contributed by atoms with van der Waals surface area (Å²) in [7, 11) is 0. The summed E-state index contributed by atoms with van der Waals surface area (Å²) in [6.07, 6.45) is -3.08. The van der Waals surface area contributed by atoms with Gasteiger partial charge >= 0.3 is 6.18 Å². The second-order valence-electron chi connectivity index (χ2n) is 5.61. The van der Waals surface area contributed by atoms with E-state index in [0.29, 0.717) is 6.54 Å². The summed E-state index contributed by atoms with van der Waals surface area (Å²) in [6, 6.07) is 7.63. The van der Waals surface area contributed by atoms with E-state index in [4.69, 9.17) is 0 Å². The first-order valence-electron chi connectivity index (χ1n) is 7.41. The van der Waals surface area contributed by atoms with Crippen molar-refractivity contribution in [2.45, 2.75) is 52.5 Å². The molecule has 0 saturated carbocycles. The highest BCUT2D eigenvalue weighted by molar-refractivity contribution is 5.22. The fourth-order valence-electron chi connectivity index (χ4n) is 2.06. The molecule has 0 radical (unpaired) electrons. The standard InChI is InChI=1S/C16H25F3N2/c1-4-9-20-10-14-5-7-15(8-6-14)11-21(13(2)3)12-16(17,18)19/h5-8,13,20H,4,9-12H2,1-3H3. The smallest absolute Gasteiger partial charge is 0.313 e. The molecule has 1 aromatic rings. The van der Waals surface area contributed by atoms with Crippen molar-refractivity contribution in [2.24, 2.45) is 0 Å². The van der Waals surface area contributed by atoms with Gasteiger partial charge in [0.05, 0.1) is 6.54 Å². The third-order valence-corrected chi connectivity index (χ3v) is 3.28. The largest absolute Gasteiger partial charge is 0.401 e. The molecule has 120 valence electrons. The van der Waals surface area contributed by atoms with Crippen molar-refractivity contribution in [2.75, 3.05) is 13.1 Å². The molecular weight excluding hydrogens is 277 g/mol. The van der Waals surface area contributed by atoms with Gasteiger partial charge in [-0.05, 0) is 37.9 Å². The first kappa shape index (κ1) is 18.0. The average molecular weight is 302 g/mol. The molecule has 5 heteroatoms. The number of nitrogens with one attached hydrogen (secondary N) is 1. The Kier molecular flexibility index (Phi) is 7.18. The molecule has 1 rings (SSSR count). The molecule has 0 bridgehead atoms. The van der Waals surface area contributed by atoms with E-state index in [-0.39, 0.29) is 6.04 Å². The van der Waals surface area contributed by atoms with Crippen LogP contribution >= 0.6 is 0 Å². The van der Waals surface area contributed by atoms with Crippen LogP contribution in [0.15, 0.2) is 24.3 Å². The molecule has 0 aliphatic heterocycles. The second kappa shape index (κ2) is 8.39. The molecule has 0 fully saturated rings. The Bertz CT molecular complexity index is 399. The zero-order chi connectivity index (χ0) is 15.9.